The van der Waals surface area contributed by atoms with Crippen molar-refractivity contribution in [1.82, 2.24) is 10.2 Å². The van der Waals surface area contributed by atoms with Crippen LogP contribution in [0.25, 0.3) is 0 Å². The fourth-order valence-corrected chi connectivity index (χ4v) is 5.21. The summed E-state index contributed by atoms with van der Waals surface area (Å²) >= 11 is 6.76. The molecule has 0 radical (unpaired) electrons. The molecule has 0 unspecified atom stereocenters. The van der Waals surface area contributed by atoms with Gasteiger partial charge in [0.15, 0.2) is 0 Å². The van der Waals surface area contributed by atoms with Crippen LogP contribution in [0.1, 0.15) is 34.1 Å². The largest absolute Gasteiger partial charge is 0.270 e. The van der Waals surface area contributed by atoms with Crippen molar-refractivity contribution in [3.05, 3.63) is 144 Å². The van der Waals surface area contributed by atoms with E-state index in [9.17, 15) is 0 Å². The average Bonchev–Trinajstić information content (AvgIpc) is 2.87. The molecule has 0 aliphatic carbocycles. The van der Waals surface area contributed by atoms with Crippen LogP contribution >= 0.6 is 18.8 Å². The van der Waals surface area contributed by atoms with Crippen molar-refractivity contribution in [3.63, 3.8) is 0 Å². The minimum atomic E-state index is -1.03. The van der Waals surface area contributed by atoms with Crippen LogP contribution in [0.3, 0.4) is 0 Å². The molecule has 0 heterocycles. The van der Waals surface area contributed by atoms with Crippen LogP contribution in [0.4, 0.5) is 0 Å². The van der Waals surface area contributed by atoms with E-state index in [4.69, 9.17) is 11.2 Å². The van der Waals surface area contributed by atoms with Gasteiger partial charge in [-0.1, -0.05) is 133 Å². The standard InChI is InChI=1S/C28H28ClN2P/c29-32(30-21-27(23-13-5-1-6-14-23)24-15-7-2-8-16-24)31-22-28(25-17-9-3-10-18-25)26-19-11-4-12-20-26/h1-20,27-28,30-31H,21-22H2. The molecule has 2 nitrogen and oxygen atoms in total. The minimum Gasteiger partial charge on any atom is -0.270 e. The summed E-state index contributed by atoms with van der Waals surface area (Å²) < 4.78 is 0. The summed E-state index contributed by atoms with van der Waals surface area (Å²) in [6.07, 6.45) is 0. The number of halogens is 1. The van der Waals surface area contributed by atoms with Gasteiger partial charge in [0.2, 0.25) is 0 Å². The average molecular weight is 459 g/mol. The minimum absolute atomic E-state index is 0.252. The van der Waals surface area contributed by atoms with Crippen LogP contribution in [-0.2, 0) is 0 Å². The first-order valence-corrected chi connectivity index (χ1v) is 13.2. The predicted molar refractivity (Wildman–Crippen MR) is 138 cm³/mol. The molecule has 162 valence electrons. The van der Waals surface area contributed by atoms with Gasteiger partial charge in [0, 0.05) is 24.9 Å². The first-order chi connectivity index (χ1) is 15.8. The topological polar surface area (TPSA) is 24.1 Å². The summed E-state index contributed by atoms with van der Waals surface area (Å²) in [4.78, 5) is 0. The molecule has 4 rings (SSSR count). The summed E-state index contributed by atoms with van der Waals surface area (Å²) in [6, 6.07) is 42.5. The zero-order chi connectivity index (χ0) is 22.0. The van der Waals surface area contributed by atoms with E-state index in [1.165, 1.54) is 22.3 Å². The Morgan fingerprint density at radius 3 is 0.969 bits per heavy atom. The fraction of sp³-hybridized carbons (Fsp3) is 0.143. The highest BCUT2D eigenvalue weighted by Gasteiger charge is 2.18. The molecule has 4 aromatic carbocycles. The molecule has 0 amide bonds. The molecular formula is C28H28ClN2P. The Labute approximate surface area is 197 Å². The van der Waals surface area contributed by atoms with Crippen LogP contribution in [0.5, 0.6) is 0 Å². The number of hydrogen-bond acceptors (Lipinski definition) is 2. The monoisotopic (exact) mass is 458 g/mol. The number of hydrogen-bond donors (Lipinski definition) is 2. The van der Waals surface area contributed by atoms with E-state index in [1.807, 2.05) is 0 Å². The van der Waals surface area contributed by atoms with E-state index < -0.39 is 7.58 Å². The highest BCUT2D eigenvalue weighted by atomic mass is 35.7. The van der Waals surface area contributed by atoms with Gasteiger partial charge in [-0.3, -0.25) is 10.2 Å². The van der Waals surface area contributed by atoms with E-state index in [1.54, 1.807) is 0 Å². The number of nitrogens with one attached hydrogen (secondary N) is 2. The van der Waals surface area contributed by atoms with Gasteiger partial charge in [-0.25, -0.2) is 0 Å². The Morgan fingerprint density at radius 1 is 0.469 bits per heavy atom. The van der Waals surface area contributed by atoms with Crippen LogP contribution in [0, 0.1) is 0 Å². The fourth-order valence-electron chi connectivity index (χ4n) is 4.00. The molecule has 0 aliphatic rings. The highest BCUT2D eigenvalue weighted by molar-refractivity contribution is 7.80. The van der Waals surface area contributed by atoms with Crippen LogP contribution < -0.4 is 10.2 Å². The summed E-state index contributed by atoms with van der Waals surface area (Å²) in [5.74, 6) is 0.504. The quantitative estimate of drug-likeness (QED) is 0.244. The van der Waals surface area contributed by atoms with Crippen LogP contribution in [-0.4, -0.2) is 13.1 Å². The van der Waals surface area contributed by atoms with Crippen molar-refractivity contribution in [2.75, 3.05) is 13.1 Å². The van der Waals surface area contributed by atoms with Crippen LogP contribution in [0.15, 0.2) is 121 Å². The van der Waals surface area contributed by atoms with Gasteiger partial charge in [0.05, 0.1) is 0 Å². The molecule has 0 spiro atoms. The lowest BCUT2D eigenvalue weighted by molar-refractivity contribution is 0.748. The molecule has 0 atom stereocenters. The highest BCUT2D eigenvalue weighted by Crippen LogP contribution is 2.35. The maximum Gasteiger partial charge on any atom is 0.134 e. The maximum absolute atomic E-state index is 6.76. The maximum atomic E-state index is 6.76. The zero-order valence-electron chi connectivity index (χ0n) is 17.9. The Hall–Kier alpha value is -2.48. The van der Waals surface area contributed by atoms with Crippen molar-refractivity contribution in [3.8, 4) is 0 Å². The first-order valence-electron chi connectivity index (χ1n) is 10.9. The van der Waals surface area contributed by atoms with Gasteiger partial charge >= 0.3 is 0 Å². The number of rotatable bonds is 10. The summed E-state index contributed by atoms with van der Waals surface area (Å²) in [5, 5.41) is 7.11. The zero-order valence-corrected chi connectivity index (χ0v) is 19.6. The predicted octanol–water partition coefficient (Wildman–Crippen LogP) is 7.30. The SMILES string of the molecule is ClP(NCC(c1ccccc1)c1ccccc1)NCC(c1ccccc1)c1ccccc1. The number of benzene rings is 4. The lowest BCUT2D eigenvalue weighted by atomic mass is 9.91. The third-order valence-corrected chi connectivity index (χ3v) is 7.31. The molecule has 0 fully saturated rings. The second kappa shape index (κ2) is 11.9. The molecule has 0 saturated carbocycles. The molecule has 2 N–H and O–H groups in total. The van der Waals surface area contributed by atoms with Gasteiger partial charge < -0.3 is 0 Å². The molecule has 0 bridgehead atoms. The molecular weight excluding hydrogens is 431 g/mol. The third-order valence-electron chi connectivity index (χ3n) is 5.68. The van der Waals surface area contributed by atoms with E-state index in [0.29, 0.717) is 0 Å². The molecule has 0 aromatic heterocycles. The smallest absolute Gasteiger partial charge is 0.134 e. The lowest BCUT2D eigenvalue weighted by Gasteiger charge is -2.23. The first kappa shape index (κ1) is 22.7. The van der Waals surface area contributed by atoms with Crippen molar-refractivity contribution in [1.29, 1.82) is 0 Å². The Bertz CT molecular complexity index is 880. The van der Waals surface area contributed by atoms with Crippen molar-refractivity contribution in [2.45, 2.75) is 11.8 Å². The van der Waals surface area contributed by atoms with Crippen molar-refractivity contribution >= 4 is 18.8 Å². The van der Waals surface area contributed by atoms with Crippen molar-refractivity contribution < 1.29 is 0 Å². The van der Waals surface area contributed by atoms with Crippen molar-refractivity contribution in [2.24, 2.45) is 0 Å². The van der Waals surface area contributed by atoms with E-state index in [0.717, 1.165) is 13.1 Å². The summed E-state index contributed by atoms with van der Waals surface area (Å²) in [7, 11) is -1.03. The third kappa shape index (κ3) is 6.28. The van der Waals surface area contributed by atoms with E-state index in [2.05, 4.69) is 132 Å². The van der Waals surface area contributed by atoms with Gasteiger partial charge in [0.1, 0.15) is 7.58 Å². The van der Waals surface area contributed by atoms with Gasteiger partial charge in [-0.05, 0) is 22.3 Å². The summed E-state index contributed by atoms with van der Waals surface area (Å²) in [5.41, 5.74) is 5.16. The van der Waals surface area contributed by atoms with Gasteiger partial charge in [0.25, 0.3) is 0 Å². The van der Waals surface area contributed by atoms with E-state index >= 15 is 0 Å². The Morgan fingerprint density at radius 2 is 0.719 bits per heavy atom. The Kier molecular flexibility index (Phi) is 8.48. The molecule has 0 saturated heterocycles. The van der Waals surface area contributed by atoms with Gasteiger partial charge in [-0.2, -0.15) is 0 Å². The molecule has 32 heavy (non-hydrogen) atoms. The second-order valence-electron chi connectivity index (χ2n) is 7.75. The van der Waals surface area contributed by atoms with Gasteiger partial charge in [-0.15, -0.1) is 0 Å². The van der Waals surface area contributed by atoms with E-state index in [-0.39, 0.29) is 11.8 Å². The normalized spacial score (nSPS) is 11.4. The molecule has 0 aliphatic heterocycles. The second-order valence-corrected chi connectivity index (χ2v) is 9.96. The molecule has 4 heteroatoms. The lowest BCUT2D eigenvalue weighted by Crippen LogP contribution is -2.25. The Balaban J connectivity index is 1.42. The summed E-state index contributed by atoms with van der Waals surface area (Å²) in [6.45, 7) is 1.55. The van der Waals surface area contributed by atoms with Crippen LogP contribution in [0.2, 0.25) is 0 Å². The molecule has 4 aromatic rings.